The van der Waals surface area contributed by atoms with Gasteiger partial charge in [0, 0.05) is 7.05 Å². The van der Waals surface area contributed by atoms with E-state index in [4.69, 9.17) is 46.4 Å². The molecule has 0 amide bonds. The molecule has 18 heavy (non-hydrogen) atoms. The Morgan fingerprint density at radius 1 is 0.944 bits per heavy atom. The van der Waals surface area contributed by atoms with Crippen LogP contribution in [0.4, 0.5) is 0 Å². The number of Topliss-reactive ketones (excluding diaryl/α,β-unsaturated/α-hetero) is 1. The summed E-state index contributed by atoms with van der Waals surface area (Å²) in [6, 6.07) is 0. The zero-order chi connectivity index (χ0) is 14.2. The van der Waals surface area contributed by atoms with Crippen LogP contribution in [0.5, 0.6) is 0 Å². The molecule has 0 saturated heterocycles. The Balaban J connectivity index is 3.29. The fourth-order valence-corrected chi connectivity index (χ4v) is 2.25. The Hall–Kier alpha value is -0.00312. The van der Waals surface area contributed by atoms with Crippen LogP contribution >= 0.6 is 46.4 Å². The number of halogens is 4. The first kappa shape index (κ1) is 16.1. The average molecular weight is 346 g/mol. The van der Waals surface area contributed by atoms with E-state index < -0.39 is 14.0 Å². The normalized spacial score (nSPS) is 20.0. The average Bonchev–Trinajstić information content (AvgIpc) is 2.28. The molecule has 0 fully saturated rings. The summed E-state index contributed by atoms with van der Waals surface area (Å²) in [7, 11) is 0.102. The van der Waals surface area contributed by atoms with E-state index in [-0.39, 0.29) is 25.8 Å². The van der Waals surface area contributed by atoms with Crippen LogP contribution in [0, 0.1) is 0 Å². The maximum absolute atomic E-state index is 12.0. The van der Waals surface area contributed by atoms with Crippen LogP contribution in [-0.4, -0.2) is 31.5 Å². The van der Waals surface area contributed by atoms with E-state index in [0.29, 0.717) is 0 Å². The largest absolute Gasteiger partial charge is 0.327 e. The number of ketones is 1. The lowest BCUT2D eigenvalue weighted by molar-refractivity contribution is -0.109. The van der Waals surface area contributed by atoms with Gasteiger partial charge in [0.15, 0.2) is 13.9 Å². The molecule has 0 saturated carbocycles. The lowest BCUT2D eigenvalue weighted by atomic mass is 10.1. The minimum absolute atomic E-state index is 0.0287. The fraction of sp³-hybridized carbons (Fsp3) is 0.400. The molecule has 100 valence electrons. The Morgan fingerprint density at radius 2 is 1.39 bits per heavy atom. The van der Waals surface area contributed by atoms with E-state index >= 15 is 0 Å². The highest BCUT2D eigenvalue weighted by atomic mass is 35.5. The van der Waals surface area contributed by atoms with Crippen molar-refractivity contribution in [1.82, 2.24) is 4.67 Å². The van der Waals surface area contributed by atoms with Crippen LogP contribution in [-0.2, 0) is 4.79 Å². The fourth-order valence-electron chi connectivity index (χ4n) is 0.989. The summed E-state index contributed by atoms with van der Waals surface area (Å²) >= 11 is 23.5. The van der Waals surface area contributed by atoms with Gasteiger partial charge in [0.1, 0.15) is 5.03 Å². The highest BCUT2D eigenvalue weighted by Gasteiger charge is 2.32. The van der Waals surface area contributed by atoms with E-state index in [0.717, 1.165) is 0 Å². The molecule has 0 aromatic rings. The van der Waals surface area contributed by atoms with Crippen LogP contribution in [0.1, 0.15) is 0 Å². The second kappa shape index (κ2) is 5.55. The number of carbonyl (C=O) groups excluding carboxylic acids is 1. The van der Waals surface area contributed by atoms with Gasteiger partial charge in [-0.2, -0.15) is 5.10 Å². The molecule has 0 aliphatic heterocycles. The standard InChI is InChI=1S/C10H12Cl4N2OSi/c1-16(18(2,3)4)15-9-7(13)5(11)6(12)8(14)10(9)17/h1-4H3. The van der Waals surface area contributed by atoms with Crippen molar-refractivity contribution in [3.63, 3.8) is 0 Å². The second-order valence-electron chi connectivity index (χ2n) is 4.73. The Morgan fingerprint density at radius 3 is 1.83 bits per heavy atom. The van der Waals surface area contributed by atoms with Gasteiger partial charge >= 0.3 is 0 Å². The summed E-state index contributed by atoms with van der Waals surface area (Å²) in [6.07, 6.45) is 0. The first-order chi connectivity index (χ1) is 8.07. The third-order valence-corrected chi connectivity index (χ3v) is 6.24. The summed E-state index contributed by atoms with van der Waals surface area (Å²) in [4.78, 5) is 12.0. The molecule has 1 rings (SSSR count). The smallest absolute Gasteiger partial charge is 0.227 e. The van der Waals surface area contributed by atoms with Crippen molar-refractivity contribution < 1.29 is 4.79 Å². The number of hydrazone groups is 1. The molecule has 0 aromatic carbocycles. The number of allylic oxidation sites excluding steroid dienone is 4. The van der Waals surface area contributed by atoms with Crippen molar-refractivity contribution in [2.24, 2.45) is 5.10 Å². The third kappa shape index (κ3) is 3.11. The van der Waals surface area contributed by atoms with Crippen LogP contribution in [0.3, 0.4) is 0 Å². The van der Waals surface area contributed by atoms with Crippen LogP contribution < -0.4 is 0 Å². The predicted octanol–water partition coefficient (Wildman–Crippen LogP) is 4.07. The molecule has 0 aromatic heterocycles. The number of rotatable bonds is 2. The molecule has 0 radical (unpaired) electrons. The first-order valence-electron chi connectivity index (χ1n) is 5.05. The molecule has 3 nitrogen and oxygen atoms in total. The van der Waals surface area contributed by atoms with Crippen LogP contribution in [0.2, 0.25) is 19.6 Å². The molecule has 0 spiro atoms. The van der Waals surface area contributed by atoms with Crippen molar-refractivity contribution in [2.45, 2.75) is 19.6 Å². The summed E-state index contributed by atoms with van der Waals surface area (Å²) in [5.41, 5.74) is 0.0287. The summed E-state index contributed by atoms with van der Waals surface area (Å²) < 4.78 is 1.75. The van der Waals surface area contributed by atoms with Crippen LogP contribution in [0.25, 0.3) is 0 Å². The van der Waals surface area contributed by atoms with Crippen molar-refractivity contribution in [1.29, 1.82) is 0 Å². The Bertz CT molecular complexity index is 491. The van der Waals surface area contributed by atoms with Gasteiger partial charge in [-0.25, -0.2) is 0 Å². The molecule has 1 aliphatic carbocycles. The lowest BCUT2D eigenvalue weighted by Gasteiger charge is -2.28. The zero-order valence-corrected chi connectivity index (χ0v) is 14.3. The topological polar surface area (TPSA) is 32.7 Å². The summed E-state index contributed by atoms with van der Waals surface area (Å²) in [6.45, 7) is 6.23. The third-order valence-electron chi connectivity index (χ3n) is 2.42. The molecule has 8 heteroatoms. The molecular weight excluding hydrogens is 334 g/mol. The van der Waals surface area contributed by atoms with E-state index in [2.05, 4.69) is 24.7 Å². The number of hydrogen-bond acceptors (Lipinski definition) is 3. The van der Waals surface area contributed by atoms with Crippen molar-refractivity contribution in [2.75, 3.05) is 7.05 Å². The molecular formula is C10H12Cl4N2OSi. The number of hydrogen-bond donors (Lipinski definition) is 0. The highest BCUT2D eigenvalue weighted by molar-refractivity contribution is 6.75. The summed E-state index contributed by atoms with van der Waals surface area (Å²) in [5.74, 6) is -0.513. The Labute approximate surface area is 127 Å². The first-order valence-corrected chi connectivity index (χ1v) is 10.0. The maximum Gasteiger partial charge on any atom is 0.227 e. The van der Waals surface area contributed by atoms with Gasteiger partial charge in [-0.05, 0) is 0 Å². The lowest BCUT2D eigenvalue weighted by Crippen LogP contribution is -2.41. The molecule has 0 heterocycles. The maximum atomic E-state index is 12.0. The van der Waals surface area contributed by atoms with E-state index in [9.17, 15) is 4.79 Å². The molecule has 0 unspecified atom stereocenters. The minimum atomic E-state index is -1.69. The van der Waals surface area contributed by atoms with Gasteiger partial charge in [-0.15, -0.1) is 0 Å². The number of nitrogens with zero attached hydrogens (tertiary/aromatic N) is 2. The van der Waals surface area contributed by atoms with Gasteiger partial charge in [0.25, 0.3) is 0 Å². The second-order valence-corrected chi connectivity index (χ2v) is 11.2. The predicted molar refractivity (Wildman–Crippen MR) is 81.0 cm³/mol. The Kier molecular flexibility index (Phi) is 4.95. The number of carbonyl (C=O) groups is 1. The molecule has 0 N–H and O–H groups in total. The zero-order valence-electron chi connectivity index (χ0n) is 10.3. The highest BCUT2D eigenvalue weighted by Crippen LogP contribution is 2.36. The monoisotopic (exact) mass is 344 g/mol. The van der Waals surface area contributed by atoms with Crippen LogP contribution in [0.15, 0.2) is 25.2 Å². The van der Waals surface area contributed by atoms with Crippen molar-refractivity contribution in [3.8, 4) is 0 Å². The van der Waals surface area contributed by atoms with Gasteiger partial charge in [-0.3, -0.25) is 4.79 Å². The van der Waals surface area contributed by atoms with Crippen molar-refractivity contribution >= 4 is 66.1 Å². The SMILES string of the molecule is CN(N=C1C(=O)C(Cl)=C(Cl)C(Cl)=C1Cl)[Si](C)(C)C. The van der Waals surface area contributed by atoms with Gasteiger partial charge in [-0.1, -0.05) is 66.0 Å². The molecule has 0 bridgehead atoms. The van der Waals surface area contributed by atoms with Gasteiger partial charge < -0.3 is 4.67 Å². The van der Waals surface area contributed by atoms with Gasteiger partial charge in [0.05, 0.1) is 15.1 Å². The van der Waals surface area contributed by atoms with E-state index in [1.165, 1.54) is 0 Å². The molecule has 1 aliphatic rings. The van der Waals surface area contributed by atoms with E-state index in [1.807, 2.05) is 0 Å². The van der Waals surface area contributed by atoms with Crippen molar-refractivity contribution in [3.05, 3.63) is 20.1 Å². The van der Waals surface area contributed by atoms with Gasteiger partial charge in [0.2, 0.25) is 5.78 Å². The van der Waals surface area contributed by atoms with E-state index in [1.54, 1.807) is 11.7 Å². The molecule has 0 atom stereocenters. The summed E-state index contributed by atoms with van der Waals surface area (Å²) in [5, 5.41) is 4.09. The minimum Gasteiger partial charge on any atom is -0.327 e. The quantitative estimate of drug-likeness (QED) is 0.429.